The third kappa shape index (κ3) is 2.85. The van der Waals surface area contributed by atoms with Crippen molar-refractivity contribution in [2.75, 3.05) is 20.8 Å². The number of carbonyl (C=O) groups is 1. The number of Topliss-reactive ketones (excluding diaryl/α,β-unsaturated/α-hetero) is 1. The number of fused-ring (bicyclic) bond motifs is 1. The first-order chi connectivity index (χ1) is 12.7. The molecule has 2 aliphatic rings. The van der Waals surface area contributed by atoms with E-state index in [0.717, 1.165) is 53.3 Å². The zero-order chi connectivity index (χ0) is 18.1. The number of carbonyl (C=O) groups excluding carboxylic acids is 1. The number of methoxy groups -OCH3 is 2. The highest BCUT2D eigenvalue weighted by Crippen LogP contribution is 2.42. The molecule has 0 radical (unpaired) electrons. The van der Waals surface area contributed by atoms with Crippen LogP contribution < -0.4 is 9.47 Å². The Labute approximate surface area is 154 Å². The number of allylic oxidation sites excluding steroid dienone is 1. The summed E-state index contributed by atoms with van der Waals surface area (Å²) in [7, 11) is 3.32. The molecule has 0 amide bonds. The Balaban J connectivity index is 1.94. The summed E-state index contributed by atoms with van der Waals surface area (Å²) in [5, 5.41) is 0. The van der Waals surface area contributed by atoms with Gasteiger partial charge in [-0.05, 0) is 42.7 Å². The van der Waals surface area contributed by atoms with Crippen molar-refractivity contribution in [3.05, 3.63) is 59.7 Å². The van der Waals surface area contributed by atoms with E-state index in [-0.39, 0.29) is 5.78 Å². The Morgan fingerprint density at radius 3 is 2.31 bits per heavy atom. The molecule has 26 heavy (non-hydrogen) atoms. The molecule has 2 aromatic carbocycles. The summed E-state index contributed by atoms with van der Waals surface area (Å²) in [6.07, 6.45) is 2.78. The molecule has 0 aromatic heterocycles. The van der Waals surface area contributed by atoms with Crippen LogP contribution in [0.1, 0.15) is 30.4 Å². The standard InChI is InChI=1S/C22H23NO3/c1-25-18-9-3-6-15(12-18)21-20(24)14-17-8-5-11-23(17)22(21)16-7-4-10-19(13-16)26-2/h3-4,6-7,9-10,12-13,17H,5,8,11,14H2,1-2H3/t17-/m1/s1. The number of nitrogens with zero attached hydrogens (tertiary/aromatic N) is 1. The summed E-state index contributed by atoms with van der Waals surface area (Å²) in [6.45, 7) is 0.984. The van der Waals surface area contributed by atoms with Crippen LogP contribution in [0.15, 0.2) is 48.5 Å². The van der Waals surface area contributed by atoms with Gasteiger partial charge in [0.25, 0.3) is 0 Å². The van der Waals surface area contributed by atoms with E-state index in [0.29, 0.717) is 12.5 Å². The normalized spacial score (nSPS) is 19.5. The SMILES string of the molecule is COc1cccc(C2=C(c3cccc(OC)c3)N3CCC[C@@H]3CC2=O)c1. The first kappa shape index (κ1) is 16.7. The molecule has 1 fully saturated rings. The van der Waals surface area contributed by atoms with Gasteiger partial charge in [0.1, 0.15) is 11.5 Å². The van der Waals surface area contributed by atoms with E-state index in [1.807, 2.05) is 42.5 Å². The van der Waals surface area contributed by atoms with Gasteiger partial charge in [-0.25, -0.2) is 0 Å². The molecule has 134 valence electrons. The van der Waals surface area contributed by atoms with Gasteiger partial charge in [0.2, 0.25) is 0 Å². The van der Waals surface area contributed by atoms with E-state index in [4.69, 9.17) is 9.47 Å². The number of hydrogen-bond donors (Lipinski definition) is 0. The monoisotopic (exact) mass is 349 g/mol. The lowest BCUT2D eigenvalue weighted by molar-refractivity contribution is -0.114. The topological polar surface area (TPSA) is 38.8 Å². The molecule has 4 heteroatoms. The second-order valence-electron chi connectivity index (χ2n) is 6.80. The average Bonchev–Trinajstić information content (AvgIpc) is 3.14. The maximum Gasteiger partial charge on any atom is 0.167 e. The van der Waals surface area contributed by atoms with Crippen LogP contribution in [0, 0.1) is 0 Å². The van der Waals surface area contributed by atoms with Crippen molar-refractivity contribution < 1.29 is 14.3 Å². The second kappa shape index (κ2) is 6.87. The molecule has 2 aromatic rings. The average molecular weight is 349 g/mol. The van der Waals surface area contributed by atoms with E-state index < -0.39 is 0 Å². The highest BCUT2D eigenvalue weighted by atomic mass is 16.5. The first-order valence-electron chi connectivity index (χ1n) is 9.04. The maximum atomic E-state index is 13.1. The quantitative estimate of drug-likeness (QED) is 0.836. The molecule has 0 bridgehead atoms. The molecule has 0 saturated carbocycles. The van der Waals surface area contributed by atoms with E-state index >= 15 is 0 Å². The summed E-state index contributed by atoms with van der Waals surface area (Å²) in [4.78, 5) is 15.5. The minimum atomic E-state index is 0.208. The number of hydrogen-bond acceptors (Lipinski definition) is 4. The molecule has 1 atom stereocenters. The summed E-state index contributed by atoms with van der Waals surface area (Å²) in [6, 6.07) is 16.1. The molecule has 0 unspecified atom stereocenters. The highest BCUT2D eigenvalue weighted by molar-refractivity contribution is 6.28. The summed E-state index contributed by atoms with van der Waals surface area (Å²) >= 11 is 0. The van der Waals surface area contributed by atoms with Crippen LogP contribution in [0.5, 0.6) is 11.5 Å². The van der Waals surface area contributed by atoms with Gasteiger partial charge in [-0.2, -0.15) is 0 Å². The molecule has 0 N–H and O–H groups in total. The highest BCUT2D eigenvalue weighted by Gasteiger charge is 2.37. The Hall–Kier alpha value is -2.75. The molecule has 4 rings (SSSR count). The first-order valence-corrected chi connectivity index (χ1v) is 9.04. The third-order valence-corrected chi connectivity index (χ3v) is 5.30. The lowest BCUT2D eigenvalue weighted by Gasteiger charge is -2.35. The van der Waals surface area contributed by atoms with Gasteiger partial charge >= 0.3 is 0 Å². The molecular formula is C22H23NO3. The Morgan fingerprint density at radius 1 is 0.962 bits per heavy atom. The fourth-order valence-electron chi connectivity index (χ4n) is 4.09. The molecule has 0 aliphatic carbocycles. The largest absolute Gasteiger partial charge is 0.497 e. The lowest BCUT2D eigenvalue weighted by Crippen LogP contribution is -2.36. The van der Waals surface area contributed by atoms with Crippen LogP contribution in [0.25, 0.3) is 11.3 Å². The van der Waals surface area contributed by atoms with Gasteiger partial charge in [0.05, 0.1) is 19.9 Å². The van der Waals surface area contributed by atoms with Crippen molar-refractivity contribution in [3.63, 3.8) is 0 Å². The summed E-state index contributed by atoms with van der Waals surface area (Å²) in [5.41, 5.74) is 3.76. The molecule has 4 nitrogen and oxygen atoms in total. The Morgan fingerprint density at radius 2 is 1.62 bits per heavy atom. The summed E-state index contributed by atoms with van der Waals surface area (Å²) in [5.74, 6) is 1.77. The maximum absolute atomic E-state index is 13.1. The van der Waals surface area contributed by atoms with Crippen molar-refractivity contribution >= 4 is 17.1 Å². The van der Waals surface area contributed by atoms with Crippen LogP contribution in [-0.2, 0) is 4.79 Å². The van der Waals surface area contributed by atoms with Crippen molar-refractivity contribution in [1.82, 2.24) is 4.90 Å². The van der Waals surface area contributed by atoms with Crippen LogP contribution in [-0.4, -0.2) is 37.5 Å². The predicted octanol–water partition coefficient (Wildman–Crippen LogP) is 4.01. The Kier molecular flexibility index (Phi) is 4.41. The van der Waals surface area contributed by atoms with Crippen LogP contribution >= 0.6 is 0 Å². The number of ketones is 1. The van der Waals surface area contributed by atoms with Gasteiger partial charge in [-0.1, -0.05) is 24.3 Å². The van der Waals surface area contributed by atoms with Gasteiger partial charge < -0.3 is 14.4 Å². The van der Waals surface area contributed by atoms with Crippen LogP contribution in [0.2, 0.25) is 0 Å². The fraction of sp³-hybridized carbons (Fsp3) is 0.318. The van der Waals surface area contributed by atoms with Crippen molar-refractivity contribution in [1.29, 1.82) is 0 Å². The van der Waals surface area contributed by atoms with Gasteiger partial charge in [-0.3, -0.25) is 4.79 Å². The second-order valence-corrected chi connectivity index (χ2v) is 6.80. The fourth-order valence-corrected chi connectivity index (χ4v) is 4.09. The number of rotatable bonds is 4. The number of ether oxygens (including phenoxy) is 2. The lowest BCUT2D eigenvalue weighted by atomic mass is 9.87. The third-order valence-electron chi connectivity index (χ3n) is 5.30. The molecule has 2 heterocycles. The van der Waals surface area contributed by atoms with Crippen molar-refractivity contribution in [3.8, 4) is 11.5 Å². The van der Waals surface area contributed by atoms with Gasteiger partial charge in [0.15, 0.2) is 5.78 Å². The molecule has 1 saturated heterocycles. The van der Waals surface area contributed by atoms with Crippen molar-refractivity contribution in [2.45, 2.75) is 25.3 Å². The van der Waals surface area contributed by atoms with Crippen LogP contribution in [0.3, 0.4) is 0 Å². The van der Waals surface area contributed by atoms with Crippen LogP contribution in [0.4, 0.5) is 0 Å². The van der Waals surface area contributed by atoms with E-state index in [1.54, 1.807) is 14.2 Å². The smallest absolute Gasteiger partial charge is 0.167 e. The zero-order valence-electron chi connectivity index (χ0n) is 15.2. The minimum absolute atomic E-state index is 0.208. The zero-order valence-corrected chi connectivity index (χ0v) is 15.2. The van der Waals surface area contributed by atoms with Gasteiger partial charge in [-0.15, -0.1) is 0 Å². The molecular weight excluding hydrogens is 326 g/mol. The minimum Gasteiger partial charge on any atom is -0.497 e. The molecule has 2 aliphatic heterocycles. The summed E-state index contributed by atoms with van der Waals surface area (Å²) < 4.78 is 10.8. The van der Waals surface area contributed by atoms with E-state index in [9.17, 15) is 4.79 Å². The van der Waals surface area contributed by atoms with E-state index in [2.05, 4.69) is 11.0 Å². The van der Waals surface area contributed by atoms with E-state index in [1.165, 1.54) is 0 Å². The number of benzene rings is 2. The van der Waals surface area contributed by atoms with Crippen molar-refractivity contribution in [2.24, 2.45) is 0 Å². The molecule has 0 spiro atoms. The Bertz CT molecular complexity index is 871. The van der Waals surface area contributed by atoms with Gasteiger partial charge in [0, 0.05) is 30.1 Å². The predicted molar refractivity (Wildman–Crippen MR) is 102 cm³/mol.